The van der Waals surface area contributed by atoms with Gasteiger partial charge < -0.3 is 5.32 Å². The minimum Gasteiger partial charge on any atom is -0.356 e. The topological polar surface area (TPSA) is 48.5 Å². The van der Waals surface area contributed by atoms with Gasteiger partial charge >= 0.3 is 0 Å². The first-order valence-corrected chi connectivity index (χ1v) is 11.9. The van der Waals surface area contributed by atoms with Gasteiger partial charge in [-0.25, -0.2) is 0 Å². The fourth-order valence-electron chi connectivity index (χ4n) is 5.52. The fraction of sp³-hybridized carbons (Fsp3) is 0.750. The molecule has 3 aliphatic rings. The molecule has 0 radical (unpaired) electrons. The Bertz CT molecular complexity index is 623. The summed E-state index contributed by atoms with van der Waals surface area (Å²) in [6, 6.07) is 4.89. The number of pyridine rings is 1. The highest BCUT2D eigenvalue weighted by Gasteiger charge is 2.31. The van der Waals surface area contributed by atoms with Gasteiger partial charge in [-0.3, -0.25) is 19.6 Å². The summed E-state index contributed by atoms with van der Waals surface area (Å²) >= 11 is 0. The van der Waals surface area contributed by atoms with Gasteiger partial charge in [0.2, 0.25) is 5.91 Å². The summed E-state index contributed by atoms with van der Waals surface area (Å²) in [6.07, 6.45) is 15.1. The van der Waals surface area contributed by atoms with Crippen molar-refractivity contribution in [3.8, 4) is 0 Å². The van der Waals surface area contributed by atoms with Crippen molar-refractivity contribution in [2.45, 2.75) is 70.4 Å². The van der Waals surface area contributed by atoms with Crippen LogP contribution in [0.1, 0.15) is 63.4 Å². The van der Waals surface area contributed by atoms with E-state index in [-0.39, 0.29) is 5.92 Å². The highest BCUT2D eigenvalue weighted by Crippen LogP contribution is 2.26. The molecule has 160 valence electrons. The van der Waals surface area contributed by atoms with E-state index in [1.165, 1.54) is 63.5 Å². The number of rotatable bonds is 6. The van der Waals surface area contributed by atoms with Crippen LogP contribution in [0.15, 0.2) is 24.5 Å². The summed E-state index contributed by atoms with van der Waals surface area (Å²) in [7, 11) is 0. The first-order chi connectivity index (χ1) is 14.3. The van der Waals surface area contributed by atoms with Crippen LogP contribution in [0.2, 0.25) is 0 Å². The van der Waals surface area contributed by atoms with Crippen molar-refractivity contribution in [3.63, 3.8) is 0 Å². The zero-order chi connectivity index (χ0) is 19.9. The van der Waals surface area contributed by atoms with Crippen molar-refractivity contribution >= 4 is 5.91 Å². The number of piperidine rings is 2. The summed E-state index contributed by atoms with van der Waals surface area (Å²) in [4.78, 5) is 22.1. The Morgan fingerprint density at radius 1 is 0.966 bits per heavy atom. The van der Waals surface area contributed by atoms with E-state index >= 15 is 0 Å². The van der Waals surface area contributed by atoms with Crippen molar-refractivity contribution in [1.82, 2.24) is 20.1 Å². The maximum Gasteiger partial charge on any atom is 0.224 e. The molecule has 1 aromatic heterocycles. The lowest BCUT2D eigenvalue weighted by atomic mass is 9.89. The monoisotopic (exact) mass is 398 g/mol. The third kappa shape index (κ3) is 6.02. The number of nitrogens with zero attached hydrogens (tertiary/aromatic N) is 3. The standard InChI is InChI=1S/C24H38N4O/c29-24(26-17-20-5-2-1-3-6-20)22-7-4-14-28(19-22)23-10-15-27(16-11-23)18-21-8-12-25-13-9-21/h8-9,12-13,20,22-23H,1-7,10-11,14-19H2,(H,26,29). The number of hydrogen-bond acceptors (Lipinski definition) is 4. The van der Waals surface area contributed by atoms with Crippen molar-refractivity contribution in [1.29, 1.82) is 0 Å². The van der Waals surface area contributed by atoms with E-state index in [0.29, 0.717) is 11.9 Å². The second kappa shape index (κ2) is 10.5. The van der Waals surface area contributed by atoms with Crippen molar-refractivity contribution in [3.05, 3.63) is 30.1 Å². The average Bonchev–Trinajstić information content (AvgIpc) is 2.79. The molecule has 0 bridgehead atoms. The Balaban J connectivity index is 1.20. The normalized spacial score (nSPS) is 25.7. The number of amides is 1. The van der Waals surface area contributed by atoms with Gasteiger partial charge in [-0.2, -0.15) is 0 Å². The maximum absolute atomic E-state index is 12.8. The van der Waals surface area contributed by atoms with Crippen LogP contribution in [0.25, 0.3) is 0 Å². The Morgan fingerprint density at radius 3 is 2.48 bits per heavy atom. The van der Waals surface area contributed by atoms with Gasteiger partial charge in [-0.05, 0) is 81.8 Å². The third-order valence-corrected chi connectivity index (χ3v) is 7.34. The molecular weight excluding hydrogens is 360 g/mol. The Morgan fingerprint density at radius 2 is 1.72 bits per heavy atom. The second-order valence-electron chi connectivity index (χ2n) is 9.45. The maximum atomic E-state index is 12.8. The van der Waals surface area contributed by atoms with Gasteiger partial charge in [0.1, 0.15) is 0 Å². The van der Waals surface area contributed by atoms with Crippen molar-refractivity contribution in [2.75, 3.05) is 32.7 Å². The van der Waals surface area contributed by atoms with Crippen LogP contribution in [0.4, 0.5) is 0 Å². The van der Waals surface area contributed by atoms with E-state index in [9.17, 15) is 4.79 Å². The van der Waals surface area contributed by atoms with Gasteiger partial charge in [0.25, 0.3) is 0 Å². The molecule has 29 heavy (non-hydrogen) atoms. The van der Waals surface area contributed by atoms with Gasteiger partial charge in [0, 0.05) is 38.1 Å². The van der Waals surface area contributed by atoms with Crippen LogP contribution in [-0.2, 0) is 11.3 Å². The van der Waals surface area contributed by atoms with E-state index < -0.39 is 0 Å². The van der Waals surface area contributed by atoms with Crippen molar-refractivity contribution < 1.29 is 4.79 Å². The second-order valence-corrected chi connectivity index (χ2v) is 9.45. The van der Waals surface area contributed by atoms with Gasteiger partial charge in [0.05, 0.1) is 5.92 Å². The Labute approximate surface area is 176 Å². The van der Waals surface area contributed by atoms with Crippen molar-refractivity contribution in [2.24, 2.45) is 11.8 Å². The Hall–Kier alpha value is -1.46. The molecular formula is C24H38N4O. The van der Waals surface area contributed by atoms with Crippen LogP contribution < -0.4 is 5.32 Å². The first-order valence-electron chi connectivity index (χ1n) is 11.9. The first kappa shape index (κ1) is 20.8. The molecule has 3 heterocycles. The molecule has 1 aromatic rings. The molecule has 0 aromatic carbocycles. The van der Waals surface area contributed by atoms with Crippen LogP contribution in [0, 0.1) is 11.8 Å². The predicted octanol–water partition coefficient (Wildman–Crippen LogP) is 3.45. The molecule has 2 saturated heterocycles. The number of aromatic nitrogens is 1. The average molecular weight is 399 g/mol. The summed E-state index contributed by atoms with van der Waals surface area (Å²) in [5, 5.41) is 3.30. The van der Waals surface area contributed by atoms with E-state index in [2.05, 4.69) is 32.2 Å². The molecule has 4 rings (SSSR count). The number of carbonyl (C=O) groups is 1. The molecule has 1 amide bonds. The molecule has 0 spiro atoms. The third-order valence-electron chi connectivity index (χ3n) is 7.34. The summed E-state index contributed by atoms with van der Waals surface area (Å²) < 4.78 is 0. The zero-order valence-corrected chi connectivity index (χ0v) is 17.9. The summed E-state index contributed by atoms with van der Waals surface area (Å²) in [6.45, 7) is 6.38. The number of carbonyl (C=O) groups excluding carboxylic acids is 1. The minimum absolute atomic E-state index is 0.196. The highest BCUT2D eigenvalue weighted by molar-refractivity contribution is 5.79. The van der Waals surface area contributed by atoms with Gasteiger partial charge in [-0.15, -0.1) is 0 Å². The van der Waals surface area contributed by atoms with Crippen LogP contribution in [0.5, 0.6) is 0 Å². The molecule has 5 heteroatoms. The Kier molecular flexibility index (Phi) is 7.55. The van der Waals surface area contributed by atoms with E-state index in [1.807, 2.05) is 12.4 Å². The van der Waals surface area contributed by atoms with Crippen LogP contribution in [0.3, 0.4) is 0 Å². The molecule has 1 aliphatic carbocycles. The van der Waals surface area contributed by atoms with E-state index in [4.69, 9.17) is 0 Å². The van der Waals surface area contributed by atoms with E-state index in [0.717, 1.165) is 45.1 Å². The number of likely N-dealkylation sites (tertiary alicyclic amines) is 2. The highest BCUT2D eigenvalue weighted by atomic mass is 16.1. The molecule has 5 nitrogen and oxygen atoms in total. The van der Waals surface area contributed by atoms with Gasteiger partial charge in [-0.1, -0.05) is 19.3 Å². The zero-order valence-electron chi connectivity index (χ0n) is 17.9. The quantitative estimate of drug-likeness (QED) is 0.797. The smallest absolute Gasteiger partial charge is 0.224 e. The van der Waals surface area contributed by atoms with Crippen LogP contribution >= 0.6 is 0 Å². The molecule has 2 aliphatic heterocycles. The lowest BCUT2D eigenvalue weighted by Crippen LogP contribution is -2.51. The molecule has 1 unspecified atom stereocenters. The number of nitrogens with one attached hydrogen (secondary N) is 1. The lowest BCUT2D eigenvalue weighted by Gasteiger charge is -2.42. The summed E-state index contributed by atoms with van der Waals surface area (Å²) in [5.74, 6) is 1.23. The van der Waals surface area contributed by atoms with Crippen LogP contribution in [-0.4, -0.2) is 59.5 Å². The lowest BCUT2D eigenvalue weighted by molar-refractivity contribution is -0.127. The summed E-state index contributed by atoms with van der Waals surface area (Å²) in [5.41, 5.74) is 1.35. The number of hydrogen-bond donors (Lipinski definition) is 1. The molecule has 3 fully saturated rings. The SMILES string of the molecule is O=C(NCC1CCCCC1)C1CCCN(C2CCN(Cc3ccncc3)CC2)C1. The largest absolute Gasteiger partial charge is 0.356 e. The van der Waals surface area contributed by atoms with E-state index in [1.54, 1.807) is 0 Å². The fourth-order valence-corrected chi connectivity index (χ4v) is 5.52. The molecule has 1 atom stereocenters. The molecule has 1 saturated carbocycles. The predicted molar refractivity (Wildman–Crippen MR) is 116 cm³/mol. The van der Waals surface area contributed by atoms with Gasteiger partial charge in [0.15, 0.2) is 0 Å². The minimum atomic E-state index is 0.196. The molecule has 1 N–H and O–H groups in total.